The third-order valence-electron chi connectivity index (χ3n) is 1.74. The molecule has 4 nitrogen and oxygen atoms in total. The Hall–Kier alpha value is -0.900. The van der Waals surface area contributed by atoms with Crippen molar-refractivity contribution in [3.05, 3.63) is 0 Å². The first-order valence-electron chi connectivity index (χ1n) is 3.94. The van der Waals surface area contributed by atoms with Crippen LogP contribution in [0.4, 0.5) is 0 Å². The normalized spacial score (nSPS) is 15.0. The predicted octanol–water partition coefficient (Wildman–Crippen LogP) is 0.111. The summed E-state index contributed by atoms with van der Waals surface area (Å²) in [4.78, 5) is 12.7. The molecule has 12 heavy (non-hydrogen) atoms. The highest BCUT2D eigenvalue weighted by Gasteiger charge is 2.24. The summed E-state index contributed by atoms with van der Waals surface area (Å²) in [7, 11) is 3.22. The maximum absolute atomic E-state index is 11.3. The molecule has 70 valence electrons. The van der Waals surface area contributed by atoms with Crippen molar-refractivity contribution < 1.29 is 9.90 Å². The molecule has 0 fully saturated rings. The van der Waals surface area contributed by atoms with Crippen LogP contribution in [0, 0.1) is 11.3 Å². The van der Waals surface area contributed by atoms with Crippen LogP contribution in [-0.4, -0.2) is 42.3 Å². The lowest BCUT2D eigenvalue weighted by atomic mass is 10.0. The van der Waals surface area contributed by atoms with Gasteiger partial charge in [0.15, 0.2) is 0 Å². The fourth-order valence-electron chi connectivity index (χ4n) is 0.899. The number of hydrogen-bond donors (Lipinski definition) is 2. The van der Waals surface area contributed by atoms with E-state index in [-0.39, 0.29) is 5.91 Å². The Morgan fingerprint density at radius 3 is 2.42 bits per heavy atom. The quantitative estimate of drug-likeness (QED) is 0.591. The largest absolute Gasteiger partial charge is 0.392 e. The van der Waals surface area contributed by atoms with E-state index in [1.807, 2.05) is 0 Å². The molecule has 0 spiro atoms. The average molecular weight is 172 g/mol. The molecule has 0 aromatic carbocycles. The van der Waals surface area contributed by atoms with Crippen LogP contribution in [-0.2, 0) is 4.79 Å². The number of nitrogens with zero attached hydrogens (tertiary/aromatic N) is 1. The Balaban J connectivity index is 4.34. The zero-order valence-electron chi connectivity index (χ0n) is 7.74. The molecular formula is C8H16N2O2. The van der Waals surface area contributed by atoms with Crippen molar-refractivity contribution in [2.24, 2.45) is 5.92 Å². The van der Waals surface area contributed by atoms with Crippen LogP contribution in [0.5, 0.6) is 0 Å². The molecule has 0 aromatic heterocycles. The summed E-state index contributed by atoms with van der Waals surface area (Å²) in [6.45, 7) is 1.78. The molecule has 0 aliphatic rings. The van der Waals surface area contributed by atoms with Gasteiger partial charge in [-0.05, 0) is 6.42 Å². The molecule has 2 atom stereocenters. The second-order valence-corrected chi connectivity index (χ2v) is 2.90. The Morgan fingerprint density at radius 2 is 2.17 bits per heavy atom. The van der Waals surface area contributed by atoms with E-state index in [9.17, 15) is 9.90 Å². The van der Waals surface area contributed by atoms with Crippen molar-refractivity contribution >= 4 is 12.1 Å². The molecule has 0 bridgehead atoms. The number of carbonyl (C=O) groups excluding carboxylic acids is 1. The minimum atomic E-state index is -0.739. The van der Waals surface area contributed by atoms with Crippen LogP contribution in [0.15, 0.2) is 0 Å². The fraction of sp³-hybridized carbons (Fsp3) is 0.750. The van der Waals surface area contributed by atoms with E-state index >= 15 is 0 Å². The van der Waals surface area contributed by atoms with Gasteiger partial charge in [-0.15, -0.1) is 0 Å². The second-order valence-electron chi connectivity index (χ2n) is 2.90. The van der Waals surface area contributed by atoms with Gasteiger partial charge < -0.3 is 15.4 Å². The third-order valence-corrected chi connectivity index (χ3v) is 1.74. The maximum atomic E-state index is 11.3. The smallest absolute Gasteiger partial charge is 0.233 e. The molecular weight excluding hydrogens is 156 g/mol. The number of carbonyl (C=O) groups is 1. The van der Waals surface area contributed by atoms with Crippen LogP contribution in [0.25, 0.3) is 0 Å². The molecule has 0 rings (SSSR count). The zero-order valence-corrected chi connectivity index (χ0v) is 7.74. The van der Waals surface area contributed by atoms with E-state index in [1.54, 1.807) is 21.0 Å². The van der Waals surface area contributed by atoms with Gasteiger partial charge in [0.2, 0.25) is 5.91 Å². The topological polar surface area (TPSA) is 64.4 Å². The highest BCUT2D eigenvalue weighted by Crippen LogP contribution is 2.07. The molecule has 2 N–H and O–H groups in total. The van der Waals surface area contributed by atoms with Crippen LogP contribution < -0.4 is 0 Å². The second kappa shape index (κ2) is 4.87. The van der Waals surface area contributed by atoms with Gasteiger partial charge in [0, 0.05) is 20.3 Å². The number of aliphatic hydroxyl groups excluding tert-OH is 1. The third kappa shape index (κ3) is 2.62. The van der Waals surface area contributed by atoms with Gasteiger partial charge >= 0.3 is 0 Å². The van der Waals surface area contributed by atoms with Crippen molar-refractivity contribution in [2.75, 3.05) is 14.1 Å². The van der Waals surface area contributed by atoms with Gasteiger partial charge in [-0.1, -0.05) is 6.92 Å². The lowest BCUT2D eigenvalue weighted by Gasteiger charge is -2.20. The summed E-state index contributed by atoms with van der Waals surface area (Å²) >= 11 is 0. The first-order valence-corrected chi connectivity index (χ1v) is 3.94. The van der Waals surface area contributed by atoms with Crippen molar-refractivity contribution in [2.45, 2.75) is 19.4 Å². The molecule has 0 aromatic rings. The van der Waals surface area contributed by atoms with Gasteiger partial charge in [0.05, 0.1) is 12.0 Å². The molecule has 0 aliphatic carbocycles. The van der Waals surface area contributed by atoms with Crippen LogP contribution in [0.2, 0.25) is 0 Å². The Bertz CT molecular complexity index is 168. The van der Waals surface area contributed by atoms with Crippen LogP contribution in [0.1, 0.15) is 13.3 Å². The maximum Gasteiger partial charge on any atom is 0.233 e. The first-order chi connectivity index (χ1) is 5.54. The molecule has 4 heteroatoms. The summed E-state index contributed by atoms with van der Waals surface area (Å²) in [6, 6.07) is 0. The molecule has 0 heterocycles. The molecule has 0 saturated carbocycles. The van der Waals surface area contributed by atoms with E-state index in [2.05, 4.69) is 0 Å². The van der Waals surface area contributed by atoms with Gasteiger partial charge in [0.1, 0.15) is 0 Å². The number of rotatable bonds is 4. The molecule has 0 aliphatic heterocycles. The summed E-state index contributed by atoms with van der Waals surface area (Å²) < 4.78 is 0. The molecule has 1 amide bonds. The number of hydrogen-bond acceptors (Lipinski definition) is 3. The lowest BCUT2D eigenvalue weighted by molar-refractivity contribution is -0.133. The minimum Gasteiger partial charge on any atom is -0.392 e. The average Bonchev–Trinajstić information content (AvgIpc) is 2.05. The van der Waals surface area contributed by atoms with Crippen LogP contribution in [0.3, 0.4) is 0 Å². The van der Waals surface area contributed by atoms with E-state index in [4.69, 9.17) is 5.41 Å². The minimum absolute atomic E-state index is 0.223. The van der Waals surface area contributed by atoms with E-state index in [0.29, 0.717) is 6.42 Å². The van der Waals surface area contributed by atoms with Gasteiger partial charge in [0.25, 0.3) is 0 Å². The van der Waals surface area contributed by atoms with Crippen molar-refractivity contribution in [1.29, 1.82) is 5.41 Å². The van der Waals surface area contributed by atoms with Gasteiger partial charge in [-0.3, -0.25) is 4.79 Å². The summed E-state index contributed by atoms with van der Waals surface area (Å²) in [6.07, 6.45) is 0.744. The fourth-order valence-corrected chi connectivity index (χ4v) is 0.899. The first kappa shape index (κ1) is 11.1. The molecule has 2 unspecified atom stereocenters. The van der Waals surface area contributed by atoms with Gasteiger partial charge in [-0.2, -0.15) is 0 Å². The summed E-state index contributed by atoms with van der Waals surface area (Å²) in [5.41, 5.74) is 0. The predicted molar refractivity (Wildman–Crippen MR) is 47.3 cm³/mol. The number of amides is 1. The van der Waals surface area contributed by atoms with Gasteiger partial charge in [-0.25, -0.2) is 0 Å². The lowest BCUT2D eigenvalue weighted by Crippen LogP contribution is -2.37. The van der Waals surface area contributed by atoms with Crippen molar-refractivity contribution in [3.63, 3.8) is 0 Å². The monoisotopic (exact) mass is 172 g/mol. The summed E-state index contributed by atoms with van der Waals surface area (Å²) in [5, 5.41) is 16.3. The molecule has 0 saturated heterocycles. The Morgan fingerprint density at radius 1 is 1.67 bits per heavy atom. The molecule has 0 radical (unpaired) electrons. The Kier molecular flexibility index (Phi) is 4.51. The number of nitrogens with one attached hydrogen (secondary N) is 1. The van der Waals surface area contributed by atoms with E-state index < -0.39 is 12.0 Å². The highest BCUT2D eigenvalue weighted by molar-refractivity contribution is 5.92. The van der Waals surface area contributed by atoms with E-state index in [1.165, 1.54) is 4.90 Å². The van der Waals surface area contributed by atoms with Crippen molar-refractivity contribution in [1.82, 2.24) is 4.90 Å². The SMILES string of the molecule is CCC(O)C(C=N)C(=O)N(C)C. The highest BCUT2D eigenvalue weighted by atomic mass is 16.3. The van der Waals surface area contributed by atoms with E-state index in [0.717, 1.165) is 6.21 Å². The number of aliphatic hydroxyl groups is 1. The Labute approximate surface area is 72.7 Å². The standard InChI is InChI=1S/C8H16N2O2/c1-4-7(11)6(5-9)8(12)10(2)3/h5-7,9,11H,4H2,1-3H3. The zero-order chi connectivity index (χ0) is 9.72. The summed E-state index contributed by atoms with van der Waals surface area (Å²) in [5.74, 6) is -0.913. The van der Waals surface area contributed by atoms with Crippen molar-refractivity contribution in [3.8, 4) is 0 Å². The van der Waals surface area contributed by atoms with Crippen LogP contribution >= 0.6 is 0 Å².